The second-order valence-corrected chi connectivity index (χ2v) is 6.79. The first-order chi connectivity index (χ1) is 12.9. The summed E-state index contributed by atoms with van der Waals surface area (Å²) in [7, 11) is 0. The summed E-state index contributed by atoms with van der Waals surface area (Å²) in [6, 6.07) is 13.9. The van der Waals surface area contributed by atoms with E-state index in [1.807, 2.05) is 6.07 Å². The van der Waals surface area contributed by atoms with Gasteiger partial charge in [-0.15, -0.1) is 0 Å². The Morgan fingerprint density at radius 3 is 2.30 bits per heavy atom. The average molecular weight is 369 g/mol. The highest BCUT2D eigenvalue weighted by Crippen LogP contribution is 2.19. The molecule has 2 aromatic rings. The highest BCUT2D eigenvalue weighted by Gasteiger charge is 2.24. The van der Waals surface area contributed by atoms with Crippen LogP contribution in [0.3, 0.4) is 0 Å². The number of carbonyl (C=O) groups excluding carboxylic acids is 2. The molecule has 0 unspecified atom stereocenters. The van der Waals surface area contributed by atoms with Crippen LogP contribution in [-0.2, 0) is 9.59 Å². The largest absolute Gasteiger partial charge is 0.368 e. The fourth-order valence-corrected chi connectivity index (χ4v) is 3.28. The molecule has 0 N–H and O–H groups in total. The van der Waals surface area contributed by atoms with E-state index in [0.717, 1.165) is 13.1 Å². The number of hydrogen-bond donors (Lipinski definition) is 0. The van der Waals surface area contributed by atoms with Crippen LogP contribution in [0.2, 0.25) is 0 Å². The van der Waals surface area contributed by atoms with Crippen molar-refractivity contribution in [2.45, 2.75) is 13.8 Å². The van der Waals surface area contributed by atoms with Crippen molar-refractivity contribution in [3.05, 3.63) is 59.9 Å². The summed E-state index contributed by atoms with van der Waals surface area (Å²) < 4.78 is 13.1. The lowest BCUT2D eigenvalue weighted by atomic mass is 10.2. The number of amides is 2. The highest BCUT2D eigenvalue weighted by molar-refractivity contribution is 5.97. The Hall–Kier alpha value is -2.89. The Kier molecular flexibility index (Phi) is 5.74. The van der Waals surface area contributed by atoms with Gasteiger partial charge in [-0.3, -0.25) is 9.59 Å². The van der Waals surface area contributed by atoms with Gasteiger partial charge in [-0.2, -0.15) is 0 Å². The van der Waals surface area contributed by atoms with Gasteiger partial charge < -0.3 is 14.7 Å². The quantitative estimate of drug-likeness (QED) is 0.832. The SMILES string of the molecule is CC(=O)N(CC(=O)N1CCN(c2cccc(C)c2)CC1)c1ccc(F)cc1. The number of benzene rings is 2. The van der Waals surface area contributed by atoms with Gasteiger partial charge in [-0.25, -0.2) is 4.39 Å². The number of carbonyl (C=O) groups is 2. The minimum absolute atomic E-state index is 0.0363. The van der Waals surface area contributed by atoms with Crippen LogP contribution in [0.15, 0.2) is 48.5 Å². The molecule has 1 aliphatic rings. The molecule has 5 nitrogen and oxygen atoms in total. The van der Waals surface area contributed by atoms with Crippen LogP contribution in [0.25, 0.3) is 0 Å². The molecule has 1 fully saturated rings. The molecule has 27 heavy (non-hydrogen) atoms. The third kappa shape index (κ3) is 4.64. The second kappa shape index (κ2) is 8.20. The Bertz CT molecular complexity index is 814. The number of rotatable bonds is 4. The maximum Gasteiger partial charge on any atom is 0.242 e. The molecule has 1 aliphatic heterocycles. The molecule has 2 aromatic carbocycles. The van der Waals surface area contributed by atoms with Gasteiger partial charge in [-0.05, 0) is 48.9 Å². The normalized spacial score (nSPS) is 14.2. The minimum atomic E-state index is -0.374. The fourth-order valence-electron chi connectivity index (χ4n) is 3.28. The molecule has 2 amide bonds. The smallest absolute Gasteiger partial charge is 0.242 e. The van der Waals surface area contributed by atoms with E-state index in [1.54, 1.807) is 4.90 Å². The zero-order valence-electron chi connectivity index (χ0n) is 15.7. The maximum atomic E-state index is 13.1. The van der Waals surface area contributed by atoms with Crippen LogP contribution in [0.1, 0.15) is 12.5 Å². The highest BCUT2D eigenvalue weighted by atomic mass is 19.1. The molecule has 0 aliphatic carbocycles. The lowest BCUT2D eigenvalue weighted by molar-refractivity contribution is -0.131. The first-order valence-electron chi connectivity index (χ1n) is 9.07. The molecule has 142 valence electrons. The standard InChI is InChI=1S/C21H24FN3O2/c1-16-4-3-5-20(14-16)23-10-12-24(13-11-23)21(27)15-25(17(2)26)19-8-6-18(22)7-9-19/h3-9,14H,10-13,15H2,1-2H3. The van der Waals surface area contributed by atoms with Crippen molar-refractivity contribution in [1.82, 2.24) is 4.90 Å². The van der Waals surface area contributed by atoms with E-state index in [0.29, 0.717) is 18.8 Å². The lowest BCUT2D eigenvalue weighted by Gasteiger charge is -2.37. The van der Waals surface area contributed by atoms with E-state index in [9.17, 15) is 14.0 Å². The molecule has 0 aromatic heterocycles. The van der Waals surface area contributed by atoms with Gasteiger partial charge >= 0.3 is 0 Å². The van der Waals surface area contributed by atoms with Crippen molar-refractivity contribution in [2.75, 3.05) is 42.5 Å². The summed E-state index contributed by atoms with van der Waals surface area (Å²) >= 11 is 0. The van der Waals surface area contributed by atoms with Crippen molar-refractivity contribution < 1.29 is 14.0 Å². The Labute approximate surface area is 159 Å². The number of halogens is 1. The summed E-state index contributed by atoms with van der Waals surface area (Å²) in [5, 5.41) is 0. The van der Waals surface area contributed by atoms with Gasteiger partial charge in [0.25, 0.3) is 0 Å². The molecule has 0 radical (unpaired) electrons. The van der Waals surface area contributed by atoms with Crippen LogP contribution in [0.4, 0.5) is 15.8 Å². The zero-order valence-corrected chi connectivity index (χ0v) is 15.7. The first-order valence-corrected chi connectivity index (χ1v) is 9.07. The monoisotopic (exact) mass is 369 g/mol. The van der Waals surface area contributed by atoms with Gasteiger partial charge in [0.2, 0.25) is 11.8 Å². The molecule has 3 rings (SSSR count). The molecule has 0 bridgehead atoms. The van der Waals surface area contributed by atoms with Gasteiger partial charge in [0.05, 0.1) is 0 Å². The van der Waals surface area contributed by atoms with Crippen LogP contribution >= 0.6 is 0 Å². The molecule has 0 saturated carbocycles. The fraction of sp³-hybridized carbons (Fsp3) is 0.333. The molecule has 1 saturated heterocycles. The van der Waals surface area contributed by atoms with Crippen molar-refractivity contribution in [2.24, 2.45) is 0 Å². The number of hydrogen-bond acceptors (Lipinski definition) is 3. The zero-order chi connectivity index (χ0) is 19.4. The van der Waals surface area contributed by atoms with E-state index in [2.05, 4.69) is 30.0 Å². The van der Waals surface area contributed by atoms with Gasteiger partial charge in [0.15, 0.2) is 0 Å². The van der Waals surface area contributed by atoms with Crippen LogP contribution in [0.5, 0.6) is 0 Å². The van der Waals surface area contributed by atoms with E-state index >= 15 is 0 Å². The Balaban J connectivity index is 1.61. The molecular formula is C21H24FN3O2. The average Bonchev–Trinajstić information content (AvgIpc) is 2.67. The Morgan fingerprint density at radius 1 is 1.04 bits per heavy atom. The first kappa shape index (κ1) is 18.9. The van der Waals surface area contributed by atoms with Crippen LogP contribution < -0.4 is 9.80 Å². The summed E-state index contributed by atoms with van der Waals surface area (Å²) in [4.78, 5) is 30.1. The van der Waals surface area contributed by atoms with E-state index in [4.69, 9.17) is 0 Å². The molecule has 1 heterocycles. The molecule has 0 spiro atoms. The Morgan fingerprint density at radius 2 is 1.70 bits per heavy atom. The van der Waals surface area contributed by atoms with Gasteiger partial charge in [-0.1, -0.05) is 12.1 Å². The topological polar surface area (TPSA) is 43.9 Å². The van der Waals surface area contributed by atoms with Crippen LogP contribution in [-0.4, -0.2) is 49.4 Å². The van der Waals surface area contributed by atoms with Crippen molar-refractivity contribution in [3.63, 3.8) is 0 Å². The van der Waals surface area contributed by atoms with Gasteiger partial charge in [0, 0.05) is 44.5 Å². The summed E-state index contributed by atoms with van der Waals surface area (Å²) in [6.45, 7) is 6.17. The van der Waals surface area contributed by atoms with Crippen LogP contribution in [0, 0.1) is 12.7 Å². The maximum absolute atomic E-state index is 13.1. The minimum Gasteiger partial charge on any atom is -0.368 e. The number of nitrogens with zero attached hydrogens (tertiary/aromatic N) is 3. The third-order valence-electron chi connectivity index (χ3n) is 4.81. The van der Waals surface area contributed by atoms with E-state index in [1.165, 1.54) is 47.3 Å². The van der Waals surface area contributed by atoms with Crippen molar-refractivity contribution >= 4 is 23.2 Å². The molecular weight excluding hydrogens is 345 g/mol. The molecule has 0 atom stereocenters. The number of piperazine rings is 1. The summed E-state index contributed by atoms with van der Waals surface area (Å²) in [5.41, 5.74) is 2.90. The molecule has 6 heteroatoms. The van der Waals surface area contributed by atoms with E-state index < -0.39 is 0 Å². The van der Waals surface area contributed by atoms with Crippen molar-refractivity contribution in [3.8, 4) is 0 Å². The van der Waals surface area contributed by atoms with E-state index in [-0.39, 0.29) is 24.2 Å². The summed E-state index contributed by atoms with van der Waals surface area (Å²) in [6.07, 6.45) is 0. The third-order valence-corrected chi connectivity index (χ3v) is 4.81. The van der Waals surface area contributed by atoms with Crippen molar-refractivity contribution in [1.29, 1.82) is 0 Å². The van der Waals surface area contributed by atoms with Gasteiger partial charge in [0.1, 0.15) is 12.4 Å². The second-order valence-electron chi connectivity index (χ2n) is 6.79. The predicted molar refractivity (Wildman–Crippen MR) is 104 cm³/mol. The lowest BCUT2D eigenvalue weighted by Crippen LogP contribution is -2.51. The number of aryl methyl sites for hydroxylation is 1. The summed E-state index contributed by atoms with van der Waals surface area (Å²) in [5.74, 6) is -0.715. The predicted octanol–water partition coefficient (Wildman–Crippen LogP) is 2.84. The number of anilines is 2.